The van der Waals surface area contributed by atoms with Gasteiger partial charge in [0.15, 0.2) is 0 Å². The molecule has 0 saturated carbocycles. The molecule has 3 N–H and O–H groups in total. The van der Waals surface area contributed by atoms with Crippen molar-refractivity contribution < 1.29 is 50.9 Å². The molecule has 0 aromatic carbocycles. The van der Waals surface area contributed by atoms with E-state index >= 15 is 0 Å². The van der Waals surface area contributed by atoms with Crippen LogP contribution in [0.3, 0.4) is 0 Å². The first-order valence-electron chi connectivity index (χ1n) is 10.5. The fourth-order valence-electron chi connectivity index (χ4n) is 2.79. The van der Waals surface area contributed by atoms with Crippen LogP contribution in [0.25, 0.3) is 0 Å². The molecule has 1 aliphatic rings. The van der Waals surface area contributed by atoms with E-state index in [0.717, 1.165) is 30.4 Å². The SMILES string of the molecule is CC(C)N1CCOCC1c1nccc(NCc2cccnc2)n1.O=C(O)C(F)(F)F.O=C(O)C(F)(F)F. The van der Waals surface area contributed by atoms with Gasteiger partial charge < -0.3 is 20.3 Å². The van der Waals surface area contributed by atoms with Gasteiger partial charge in [0.2, 0.25) is 0 Å². The summed E-state index contributed by atoms with van der Waals surface area (Å²) in [4.78, 5) is 33.5. The van der Waals surface area contributed by atoms with Crippen molar-refractivity contribution in [3.63, 3.8) is 0 Å². The minimum atomic E-state index is -5.08. The van der Waals surface area contributed by atoms with E-state index in [4.69, 9.17) is 24.5 Å². The third kappa shape index (κ3) is 11.8. The quantitative estimate of drug-likeness (QED) is 0.482. The Bertz CT molecular complexity index is 968. The summed E-state index contributed by atoms with van der Waals surface area (Å²) < 4.78 is 69.1. The number of morpholine rings is 1. The van der Waals surface area contributed by atoms with Gasteiger partial charge in [-0.15, -0.1) is 0 Å². The van der Waals surface area contributed by atoms with E-state index in [1.807, 2.05) is 24.4 Å². The Morgan fingerprint density at radius 1 is 1.11 bits per heavy atom. The largest absolute Gasteiger partial charge is 0.490 e. The number of hydrogen-bond donors (Lipinski definition) is 3. The van der Waals surface area contributed by atoms with E-state index in [0.29, 0.717) is 19.2 Å². The van der Waals surface area contributed by atoms with Crippen molar-refractivity contribution in [2.24, 2.45) is 0 Å². The highest BCUT2D eigenvalue weighted by atomic mass is 19.4. The summed E-state index contributed by atoms with van der Waals surface area (Å²) in [6.07, 6.45) is -4.73. The normalized spacial score (nSPS) is 16.1. The fraction of sp³-hybridized carbons (Fsp3) is 0.476. The zero-order valence-electron chi connectivity index (χ0n) is 19.6. The lowest BCUT2D eigenvalue weighted by molar-refractivity contribution is -0.193. The summed E-state index contributed by atoms with van der Waals surface area (Å²) in [5, 5.41) is 17.6. The standard InChI is InChI=1S/C17H23N5O.2C2HF3O2/c1-13(2)22-8-9-23-12-15(22)17-19-7-5-16(21-17)20-11-14-4-3-6-18-10-14;2*3-2(4,5)1(6)7/h3-7,10,13,15H,8-9,11-12H2,1-2H3,(H,19,20,21);2*(H,6,7). The van der Waals surface area contributed by atoms with Crippen LogP contribution in [0.2, 0.25) is 0 Å². The molecule has 3 rings (SSSR count). The van der Waals surface area contributed by atoms with Crippen LogP contribution in [0.15, 0.2) is 36.8 Å². The van der Waals surface area contributed by atoms with E-state index in [1.165, 1.54) is 0 Å². The Morgan fingerprint density at radius 3 is 2.19 bits per heavy atom. The molecule has 2 aromatic rings. The maximum absolute atomic E-state index is 10.6. The molecule has 0 radical (unpaired) electrons. The summed E-state index contributed by atoms with van der Waals surface area (Å²) >= 11 is 0. The van der Waals surface area contributed by atoms with Crippen LogP contribution in [0.5, 0.6) is 0 Å². The first kappa shape index (κ1) is 31.5. The van der Waals surface area contributed by atoms with Crippen LogP contribution in [-0.2, 0) is 20.9 Å². The summed E-state index contributed by atoms with van der Waals surface area (Å²) in [7, 11) is 0. The van der Waals surface area contributed by atoms with E-state index in [1.54, 1.807) is 12.4 Å². The Hall–Kier alpha value is -3.53. The number of aromatic nitrogens is 3. The minimum absolute atomic E-state index is 0.115. The molecular formula is C21H25F6N5O5. The molecule has 0 spiro atoms. The Morgan fingerprint density at radius 2 is 1.70 bits per heavy atom. The van der Waals surface area contributed by atoms with Gasteiger partial charge in [0.05, 0.1) is 19.3 Å². The smallest absolute Gasteiger partial charge is 0.475 e. The number of alkyl halides is 6. The molecule has 0 amide bonds. The fourth-order valence-corrected chi connectivity index (χ4v) is 2.79. The molecule has 3 heterocycles. The van der Waals surface area contributed by atoms with E-state index < -0.39 is 24.3 Å². The molecule has 2 aromatic heterocycles. The van der Waals surface area contributed by atoms with Crippen LogP contribution >= 0.6 is 0 Å². The second-order valence-corrected chi connectivity index (χ2v) is 7.54. The van der Waals surface area contributed by atoms with Crippen molar-refractivity contribution in [1.82, 2.24) is 19.9 Å². The summed E-state index contributed by atoms with van der Waals surface area (Å²) in [5.41, 5.74) is 1.12. The van der Waals surface area contributed by atoms with Crippen LogP contribution in [-0.4, -0.2) is 80.2 Å². The zero-order chi connectivity index (χ0) is 28.2. The van der Waals surface area contributed by atoms with Gasteiger partial charge in [-0.25, -0.2) is 19.6 Å². The van der Waals surface area contributed by atoms with Crippen LogP contribution in [0, 0.1) is 0 Å². The summed E-state index contributed by atoms with van der Waals surface area (Å²) in [6, 6.07) is 6.42. The second kappa shape index (κ2) is 14.3. The number of carbonyl (C=O) groups is 2. The van der Waals surface area contributed by atoms with Gasteiger partial charge >= 0.3 is 24.3 Å². The highest BCUT2D eigenvalue weighted by molar-refractivity contribution is 5.73. The van der Waals surface area contributed by atoms with E-state index in [2.05, 4.69) is 39.0 Å². The van der Waals surface area contributed by atoms with Crippen molar-refractivity contribution in [3.05, 3.63) is 48.2 Å². The Kier molecular flexibility index (Phi) is 12.1. The number of ether oxygens (including phenoxy) is 1. The van der Waals surface area contributed by atoms with Crippen LogP contribution < -0.4 is 5.32 Å². The van der Waals surface area contributed by atoms with Crippen molar-refractivity contribution in [3.8, 4) is 0 Å². The lowest BCUT2D eigenvalue weighted by atomic mass is 10.1. The summed E-state index contributed by atoms with van der Waals surface area (Å²) in [5.74, 6) is -3.87. The van der Waals surface area contributed by atoms with Gasteiger partial charge in [-0.3, -0.25) is 9.88 Å². The van der Waals surface area contributed by atoms with Gasteiger partial charge in [-0.2, -0.15) is 26.3 Å². The topological polar surface area (TPSA) is 138 Å². The van der Waals surface area contributed by atoms with Crippen molar-refractivity contribution >= 4 is 17.8 Å². The predicted molar refractivity (Wildman–Crippen MR) is 116 cm³/mol. The van der Waals surface area contributed by atoms with Gasteiger partial charge in [-0.05, 0) is 31.5 Å². The third-order valence-electron chi connectivity index (χ3n) is 4.49. The number of nitrogens with one attached hydrogen (secondary N) is 1. The number of aliphatic carboxylic acids is 2. The second-order valence-electron chi connectivity index (χ2n) is 7.54. The van der Waals surface area contributed by atoms with E-state index in [9.17, 15) is 26.3 Å². The molecule has 1 saturated heterocycles. The average Bonchev–Trinajstić information content (AvgIpc) is 2.83. The molecule has 1 atom stereocenters. The zero-order valence-corrected chi connectivity index (χ0v) is 19.6. The molecule has 10 nitrogen and oxygen atoms in total. The molecule has 37 heavy (non-hydrogen) atoms. The number of halogens is 6. The molecule has 16 heteroatoms. The first-order chi connectivity index (χ1) is 17.1. The third-order valence-corrected chi connectivity index (χ3v) is 4.49. The molecule has 1 aliphatic heterocycles. The van der Waals surface area contributed by atoms with Crippen LogP contribution in [0.1, 0.15) is 31.3 Å². The first-order valence-corrected chi connectivity index (χ1v) is 10.5. The number of hydrogen-bond acceptors (Lipinski definition) is 8. The average molecular weight is 541 g/mol. The highest BCUT2D eigenvalue weighted by Gasteiger charge is 2.38. The number of nitrogens with zero attached hydrogens (tertiary/aromatic N) is 4. The van der Waals surface area contributed by atoms with Crippen molar-refractivity contribution in [2.75, 3.05) is 25.1 Å². The maximum atomic E-state index is 10.6. The van der Waals surface area contributed by atoms with Gasteiger partial charge in [-0.1, -0.05) is 6.07 Å². The minimum Gasteiger partial charge on any atom is -0.475 e. The molecule has 0 aliphatic carbocycles. The monoisotopic (exact) mass is 541 g/mol. The maximum Gasteiger partial charge on any atom is 0.490 e. The molecule has 206 valence electrons. The number of pyridine rings is 1. The van der Waals surface area contributed by atoms with Gasteiger partial charge in [0.1, 0.15) is 11.6 Å². The number of carboxylic acid groups (broad SMARTS) is 2. The summed E-state index contributed by atoms with van der Waals surface area (Å²) in [6.45, 7) is 7.42. The number of anilines is 1. The Balaban J connectivity index is 0.000000404. The lowest BCUT2D eigenvalue weighted by Crippen LogP contribution is -2.44. The van der Waals surface area contributed by atoms with Crippen molar-refractivity contribution in [2.45, 2.75) is 44.8 Å². The van der Waals surface area contributed by atoms with Crippen LogP contribution in [0.4, 0.5) is 32.2 Å². The van der Waals surface area contributed by atoms with E-state index in [-0.39, 0.29) is 6.04 Å². The van der Waals surface area contributed by atoms with Gasteiger partial charge in [0, 0.05) is 37.7 Å². The highest BCUT2D eigenvalue weighted by Crippen LogP contribution is 2.24. The van der Waals surface area contributed by atoms with Crippen molar-refractivity contribution in [1.29, 1.82) is 0 Å². The Labute approximate surface area is 207 Å². The number of carboxylic acids is 2. The molecule has 1 fully saturated rings. The predicted octanol–water partition coefficient (Wildman–Crippen LogP) is 3.53. The molecule has 0 bridgehead atoms. The lowest BCUT2D eigenvalue weighted by Gasteiger charge is -2.37. The van der Waals surface area contributed by atoms with Gasteiger partial charge in [0.25, 0.3) is 0 Å². The molecular weight excluding hydrogens is 516 g/mol. The number of rotatable bonds is 5. The molecule has 1 unspecified atom stereocenters.